The Bertz CT molecular complexity index is 522. The summed E-state index contributed by atoms with van der Waals surface area (Å²) in [5, 5.41) is 13.9. The molecule has 0 aromatic heterocycles. The van der Waals surface area contributed by atoms with Crippen LogP contribution in [-0.4, -0.2) is 48.6 Å². The van der Waals surface area contributed by atoms with Gasteiger partial charge in [-0.15, -0.1) is 0 Å². The zero-order valence-corrected chi connectivity index (χ0v) is 13.5. The first-order chi connectivity index (χ1) is 11.1. The van der Waals surface area contributed by atoms with Gasteiger partial charge in [-0.1, -0.05) is 12.1 Å². The summed E-state index contributed by atoms with van der Waals surface area (Å²) >= 11 is 0. The molecule has 1 fully saturated rings. The number of aromatic hydroxyl groups is 1. The minimum atomic E-state index is -0.459. The number of carbonyl (C=O) groups is 2. The van der Waals surface area contributed by atoms with Crippen molar-refractivity contribution < 1.29 is 14.7 Å². The van der Waals surface area contributed by atoms with Crippen molar-refractivity contribution in [2.75, 3.05) is 26.7 Å². The predicted molar refractivity (Wildman–Crippen MR) is 88.2 cm³/mol. The van der Waals surface area contributed by atoms with Gasteiger partial charge in [0.15, 0.2) is 0 Å². The van der Waals surface area contributed by atoms with Crippen molar-refractivity contribution in [3.63, 3.8) is 0 Å². The molecular weight excluding hydrogens is 294 g/mol. The Kier molecular flexibility index (Phi) is 6.40. The van der Waals surface area contributed by atoms with E-state index < -0.39 is 6.03 Å². The van der Waals surface area contributed by atoms with Gasteiger partial charge < -0.3 is 10.4 Å². The van der Waals surface area contributed by atoms with Crippen molar-refractivity contribution in [2.45, 2.75) is 25.7 Å². The number of urea groups is 1. The van der Waals surface area contributed by atoms with E-state index in [1.165, 1.54) is 12.6 Å². The number of amides is 3. The van der Waals surface area contributed by atoms with E-state index in [4.69, 9.17) is 0 Å². The summed E-state index contributed by atoms with van der Waals surface area (Å²) in [4.78, 5) is 24.8. The number of imide groups is 1. The van der Waals surface area contributed by atoms with Crippen molar-refractivity contribution in [1.29, 1.82) is 0 Å². The lowest BCUT2D eigenvalue weighted by Crippen LogP contribution is -2.45. The number of nitrogens with one attached hydrogen (secondary N) is 2. The van der Waals surface area contributed by atoms with Gasteiger partial charge in [0.05, 0.1) is 6.54 Å². The van der Waals surface area contributed by atoms with Gasteiger partial charge in [0.1, 0.15) is 5.75 Å². The first kappa shape index (κ1) is 17.3. The quantitative estimate of drug-likeness (QED) is 0.768. The third-order valence-electron chi connectivity index (χ3n) is 4.33. The predicted octanol–water partition coefficient (Wildman–Crippen LogP) is 1.49. The number of rotatable bonds is 5. The molecule has 0 radical (unpaired) electrons. The summed E-state index contributed by atoms with van der Waals surface area (Å²) in [5.41, 5.74) is 1.25. The maximum atomic E-state index is 11.7. The first-order valence-electron chi connectivity index (χ1n) is 8.08. The molecule has 1 aromatic carbocycles. The molecule has 6 heteroatoms. The van der Waals surface area contributed by atoms with Crippen LogP contribution in [0, 0.1) is 5.92 Å². The Morgan fingerprint density at radius 2 is 1.87 bits per heavy atom. The molecule has 3 amide bonds. The van der Waals surface area contributed by atoms with Gasteiger partial charge in [-0.05, 0) is 62.4 Å². The van der Waals surface area contributed by atoms with Crippen LogP contribution in [0.15, 0.2) is 24.3 Å². The molecule has 1 aromatic rings. The fourth-order valence-electron chi connectivity index (χ4n) is 2.90. The molecule has 6 nitrogen and oxygen atoms in total. The normalized spacial score (nSPS) is 16.0. The van der Waals surface area contributed by atoms with Gasteiger partial charge in [0, 0.05) is 7.05 Å². The Morgan fingerprint density at radius 1 is 1.22 bits per heavy atom. The lowest BCUT2D eigenvalue weighted by atomic mass is 9.90. The number of likely N-dealkylation sites (tertiary alicyclic amines) is 1. The highest BCUT2D eigenvalue weighted by Gasteiger charge is 2.21. The minimum absolute atomic E-state index is 0.258. The first-order valence-corrected chi connectivity index (χ1v) is 8.08. The Hall–Kier alpha value is -2.08. The standard InChI is InChI=1S/C17H25N3O3/c1-18-17(23)19-16(22)12-20-10-8-14(9-11-20)3-2-13-4-6-15(21)7-5-13/h4-7,14,21H,2-3,8-12H2,1H3,(H2,18,19,22,23). The van der Waals surface area contributed by atoms with Gasteiger partial charge >= 0.3 is 6.03 Å². The third-order valence-corrected chi connectivity index (χ3v) is 4.33. The van der Waals surface area contributed by atoms with E-state index in [1.54, 1.807) is 12.1 Å². The van der Waals surface area contributed by atoms with E-state index in [0.717, 1.165) is 38.8 Å². The number of phenols is 1. The SMILES string of the molecule is CNC(=O)NC(=O)CN1CCC(CCc2ccc(O)cc2)CC1. The second-order valence-electron chi connectivity index (χ2n) is 6.05. The number of benzene rings is 1. The van der Waals surface area contributed by atoms with Crippen molar-refractivity contribution >= 4 is 11.9 Å². The molecule has 1 aliphatic heterocycles. The fourth-order valence-corrected chi connectivity index (χ4v) is 2.90. The van der Waals surface area contributed by atoms with Crippen molar-refractivity contribution in [2.24, 2.45) is 5.92 Å². The fraction of sp³-hybridized carbons (Fsp3) is 0.529. The van der Waals surface area contributed by atoms with E-state index in [9.17, 15) is 14.7 Å². The molecule has 0 spiro atoms. The van der Waals surface area contributed by atoms with Crippen LogP contribution < -0.4 is 10.6 Å². The number of carbonyl (C=O) groups excluding carboxylic acids is 2. The van der Waals surface area contributed by atoms with Crippen LogP contribution >= 0.6 is 0 Å². The van der Waals surface area contributed by atoms with Gasteiger partial charge in [-0.2, -0.15) is 0 Å². The summed E-state index contributed by atoms with van der Waals surface area (Å²) in [6.45, 7) is 2.06. The summed E-state index contributed by atoms with van der Waals surface area (Å²) < 4.78 is 0. The molecule has 1 saturated heterocycles. The Balaban J connectivity index is 1.66. The number of hydrogen-bond acceptors (Lipinski definition) is 4. The van der Waals surface area contributed by atoms with Crippen LogP contribution in [0.25, 0.3) is 0 Å². The highest BCUT2D eigenvalue weighted by Crippen LogP contribution is 2.22. The van der Waals surface area contributed by atoms with Gasteiger partial charge in [0.2, 0.25) is 5.91 Å². The highest BCUT2D eigenvalue weighted by molar-refractivity contribution is 5.95. The van der Waals surface area contributed by atoms with Crippen molar-refractivity contribution in [3.8, 4) is 5.75 Å². The molecule has 0 saturated carbocycles. The molecule has 0 atom stereocenters. The zero-order valence-electron chi connectivity index (χ0n) is 13.5. The van der Waals surface area contributed by atoms with Crippen LogP contribution in [0.5, 0.6) is 5.75 Å². The van der Waals surface area contributed by atoms with Crippen LogP contribution in [0.3, 0.4) is 0 Å². The smallest absolute Gasteiger partial charge is 0.321 e. The van der Waals surface area contributed by atoms with E-state index in [1.807, 2.05) is 12.1 Å². The Morgan fingerprint density at radius 3 is 2.48 bits per heavy atom. The molecule has 23 heavy (non-hydrogen) atoms. The maximum Gasteiger partial charge on any atom is 0.321 e. The molecular formula is C17H25N3O3. The van der Waals surface area contributed by atoms with E-state index >= 15 is 0 Å². The summed E-state index contributed by atoms with van der Waals surface area (Å²) in [5.74, 6) is 0.714. The largest absolute Gasteiger partial charge is 0.508 e. The summed E-state index contributed by atoms with van der Waals surface area (Å²) in [7, 11) is 1.49. The number of aryl methyl sites for hydroxylation is 1. The topological polar surface area (TPSA) is 81.7 Å². The molecule has 0 aliphatic carbocycles. The molecule has 1 aliphatic rings. The second-order valence-corrected chi connectivity index (χ2v) is 6.05. The lowest BCUT2D eigenvalue weighted by Gasteiger charge is -2.31. The average molecular weight is 319 g/mol. The molecule has 126 valence electrons. The zero-order chi connectivity index (χ0) is 16.7. The van der Waals surface area contributed by atoms with Crippen LogP contribution in [0.1, 0.15) is 24.8 Å². The van der Waals surface area contributed by atoms with E-state index in [0.29, 0.717) is 11.7 Å². The molecule has 0 bridgehead atoms. The third kappa shape index (κ3) is 5.90. The lowest BCUT2D eigenvalue weighted by molar-refractivity contribution is -0.121. The molecule has 1 heterocycles. The van der Waals surface area contributed by atoms with Crippen LogP contribution in [-0.2, 0) is 11.2 Å². The average Bonchev–Trinajstić information content (AvgIpc) is 2.55. The molecule has 3 N–H and O–H groups in total. The van der Waals surface area contributed by atoms with Gasteiger partial charge in [-0.25, -0.2) is 4.79 Å². The van der Waals surface area contributed by atoms with Crippen LogP contribution in [0.2, 0.25) is 0 Å². The number of phenolic OH excluding ortho intramolecular Hbond substituents is 1. The number of piperidine rings is 1. The summed E-state index contributed by atoms with van der Waals surface area (Å²) in [6, 6.07) is 6.92. The monoisotopic (exact) mass is 319 g/mol. The van der Waals surface area contributed by atoms with Crippen LogP contribution in [0.4, 0.5) is 4.79 Å². The van der Waals surface area contributed by atoms with Gasteiger partial charge in [-0.3, -0.25) is 15.0 Å². The Labute approximate surface area is 136 Å². The van der Waals surface area contributed by atoms with E-state index in [2.05, 4.69) is 15.5 Å². The molecule has 2 rings (SSSR count). The number of nitrogens with zero attached hydrogens (tertiary/aromatic N) is 1. The van der Waals surface area contributed by atoms with Gasteiger partial charge in [0.25, 0.3) is 0 Å². The molecule has 0 unspecified atom stereocenters. The maximum absolute atomic E-state index is 11.7. The van der Waals surface area contributed by atoms with E-state index in [-0.39, 0.29) is 12.5 Å². The minimum Gasteiger partial charge on any atom is -0.508 e. The summed E-state index contributed by atoms with van der Waals surface area (Å²) in [6.07, 6.45) is 4.29. The van der Waals surface area contributed by atoms with Crippen molar-refractivity contribution in [3.05, 3.63) is 29.8 Å². The van der Waals surface area contributed by atoms with Crippen molar-refractivity contribution in [1.82, 2.24) is 15.5 Å². The highest BCUT2D eigenvalue weighted by atomic mass is 16.3. The second kappa shape index (κ2) is 8.53. The number of hydrogen-bond donors (Lipinski definition) is 3.